The minimum atomic E-state index is -0.828. The van der Waals surface area contributed by atoms with Gasteiger partial charge in [-0.15, -0.1) is 0 Å². The quantitative estimate of drug-likeness (QED) is 0.799. The molecule has 0 fully saturated rings. The Labute approximate surface area is 91.9 Å². The van der Waals surface area contributed by atoms with Crippen LogP contribution in [0, 0.1) is 0 Å². The summed E-state index contributed by atoms with van der Waals surface area (Å²) in [6, 6.07) is 1.87. The Morgan fingerprint density at radius 1 is 1.62 bits per heavy atom. The predicted octanol–water partition coefficient (Wildman–Crippen LogP) is 0.827. The third-order valence-corrected chi connectivity index (χ3v) is 2.27. The fourth-order valence-electron chi connectivity index (χ4n) is 1.44. The number of carboxylic acid groups (broad SMARTS) is 1. The van der Waals surface area contributed by atoms with E-state index in [1.807, 2.05) is 6.07 Å². The van der Waals surface area contributed by atoms with Gasteiger partial charge < -0.3 is 10.1 Å². The molecule has 2 heterocycles. The van der Waals surface area contributed by atoms with Gasteiger partial charge in [0, 0.05) is 31.4 Å². The van der Waals surface area contributed by atoms with Gasteiger partial charge in [0.15, 0.2) is 5.82 Å². The molecule has 0 unspecified atom stereocenters. The van der Waals surface area contributed by atoms with Crippen molar-refractivity contribution in [2.45, 2.75) is 12.8 Å². The summed E-state index contributed by atoms with van der Waals surface area (Å²) in [5.74, 6) is 0.467. The Balaban J connectivity index is 2.19. The van der Waals surface area contributed by atoms with Crippen molar-refractivity contribution >= 4 is 5.97 Å². The van der Waals surface area contributed by atoms with Crippen LogP contribution in [0.5, 0.6) is 0 Å². The van der Waals surface area contributed by atoms with Crippen molar-refractivity contribution in [2.24, 2.45) is 7.05 Å². The number of rotatable bonds is 4. The summed E-state index contributed by atoms with van der Waals surface area (Å²) in [6.07, 6.45) is 4.06. The first kappa shape index (κ1) is 10.4. The highest BCUT2D eigenvalue weighted by Gasteiger charge is 2.10. The third kappa shape index (κ3) is 2.10. The number of hydrogen-bond donors (Lipinski definition) is 2. The minimum Gasteiger partial charge on any atom is -0.481 e. The van der Waals surface area contributed by atoms with Crippen molar-refractivity contribution < 1.29 is 9.90 Å². The summed E-state index contributed by atoms with van der Waals surface area (Å²) in [4.78, 5) is 17.7. The normalized spacial score (nSPS) is 10.6. The first-order valence-electron chi connectivity index (χ1n) is 4.91. The average Bonchev–Trinajstić information content (AvgIpc) is 2.83. The van der Waals surface area contributed by atoms with E-state index in [1.165, 1.54) is 0 Å². The lowest BCUT2D eigenvalue weighted by Crippen LogP contribution is -2.03. The monoisotopic (exact) mass is 220 g/mol. The van der Waals surface area contributed by atoms with E-state index in [-0.39, 0.29) is 6.42 Å². The van der Waals surface area contributed by atoms with Gasteiger partial charge in [-0.05, 0) is 6.07 Å². The summed E-state index contributed by atoms with van der Waals surface area (Å²) >= 11 is 0. The molecular weight excluding hydrogens is 208 g/mol. The van der Waals surface area contributed by atoms with Crippen LogP contribution in [0.4, 0.5) is 0 Å². The Morgan fingerprint density at radius 3 is 3.06 bits per heavy atom. The van der Waals surface area contributed by atoms with E-state index < -0.39 is 5.97 Å². The van der Waals surface area contributed by atoms with Crippen molar-refractivity contribution in [1.29, 1.82) is 0 Å². The van der Waals surface area contributed by atoms with E-state index in [0.717, 1.165) is 5.56 Å². The van der Waals surface area contributed by atoms with Crippen LogP contribution in [-0.4, -0.2) is 30.8 Å². The predicted molar refractivity (Wildman–Crippen MR) is 56.7 cm³/mol. The fourth-order valence-corrected chi connectivity index (χ4v) is 1.44. The van der Waals surface area contributed by atoms with E-state index in [2.05, 4.69) is 15.1 Å². The number of H-pyrrole nitrogens is 1. The molecule has 6 nitrogen and oxygen atoms in total. The number of nitrogens with zero attached hydrogens (tertiary/aromatic N) is 3. The van der Waals surface area contributed by atoms with Gasteiger partial charge in [0.2, 0.25) is 0 Å². The molecule has 2 aromatic heterocycles. The average molecular weight is 220 g/mol. The largest absolute Gasteiger partial charge is 0.481 e. The number of nitrogens with one attached hydrogen (secondary N) is 1. The zero-order valence-corrected chi connectivity index (χ0v) is 8.84. The molecule has 0 aliphatic heterocycles. The summed E-state index contributed by atoms with van der Waals surface area (Å²) in [7, 11) is 1.76. The molecule has 16 heavy (non-hydrogen) atoms. The molecule has 2 aromatic rings. The van der Waals surface area contributed by atoms with Gasteiger partial charge in [-0.25, -0.2) is 4.98 Å². The maximum atomic E-state index is 10.5. The Hall–Kier alpha value is -2.11. The summed E-state index contributed by atoms with van der Waals surface area (Å²) in [5.41, 5.74) is 0.900. The fraction of sp³-hybridized carbons (Fsp3) is 0.300. The minimum absolute atomic E-state index is 0.0686. The second kappa shape index (κ2) is 4.18. The standard InChI is InChI=1S/C10H12N4O2/c1-14-8(2-3-9(15)16)12-10(13-14)7-4-5-11-6-7/h4-6,11H,2-3H2,1H3,(H,15,16). The van der Waals surface area contributed by atoms with E-state index in [9.17, 15) is 4.79 Å². The molecule has 0 radical (unpaired) electrons. The van der Waals surface area contributed by atoms with Crippen molar-refractivity contribution in [3.63, 3.8) is 0 Å². The molecule has 84 valence electrons. The highest BCUT2D eigenvalue weighted by Crippen LogP contribution is 2.14. The molecule has 2 rings (SSSR count). The molecule has 0 saturated heterocycles. The molecule has 2 N–H and O–H groups in total. The number of aryl methyl sites for hydroxylation is 2. The molecule has 0 amide bonds. The smallest absolute Gasteiger partial charge is 0.303 e. The Morgan fingerprint density at radius 2 is 2.44 bits per heavy atom. The number of aliphatic carboxylic acids is 1. The molecule has 0 bridgehead atoms. The van der Waals surface area contributed by atoms with Crippen LogP contribution in [0.1, 0.15) is 12.2 Å². The van der Waals surface area contributed by atoms with E-state index in [0.29, 0.717) is 18.1 Å². The van der Waals surface area contributed by atoms with Crippen LogP contribution in [0.3, 0.4) is 0 Å². The van der Waals surface area contributed by atoms with Crippen LogP contribution < -0.4 is 0 Å². The van der Waals surface area contributed by atoms with Gasteiger partial charge in [-0.3, -0.25) is 9.48 Å². The van der Waals surface area contributed by atoms with Crippen LogP contribution in [0.25, 0.3) is 11.4 Å². The molecule has 0 saturated carbocycles. The SMILES string of the molecule is Cn1nc(-c2cc[nH]c2)nc1CCC(=O)O. The maximum Gasteiger partial charge on any atom is 0.303 e. The van der Waals surface area contributed by atoms with Crippen molar-refractivity contribution in [3.8, 4) is 11.4 Å². The number of hydrogen-bond acceptors (Lipinski definition) is 3. The molecular formula is C10H12N4O2. The second-order valence-corrected chi connectivity index (χ2v) is 3.47. The molecule has 0 aliphatic rings. The first-order valence-corrected chi connectivity index (χ1v) is 4.91. The van der Waals surface area contributed by atoms with Gasteiger partial charge in [-0.2, -0.15) is 5.10 Å². The molecule has 0 spiro atoms. The van der Waals surface area contributed by atoms with E-state index in [1.54, 1.807) is 24.1 Å². The number of aromatic amines is 1. The highest BCUT2D eigenvalue weighted by atomic mass is 16.4. The van der Waals surface area contributed by atoms with Gasteiger partial charge in [0.05, 0.1) is 6.42 Å². The summed E-state index contributed by atoms with van der Waals surface area (Å²) < 4.78 is 1.62. The third-order valence-electron chi connectivity index (χ3n) is 2.27. The number of carboxylic acids is 1. The highest BCUT2D eigenvalue weighted by molar-refractivity contribution is 5.66. The lowest BCUT2D eigenvalue weighted by atomic mass is 10.3. The number of aromatic nitrogens is 4. The number of carbonyl (C=O) groups is 1. The van der Waals surface area contributed by atoms with Gasteiger partial charge >= 0.3 is 5.97 Å². The molecule has 0 atom stereocenters. The Bertz CT molecular complexity index is 487. The second-order valence-electron chi connectivity index (χ2n) is 3.47. The van der Waals surface area contributed by atoms with Crippen LogP contribution in [0.15, 0.2) is 18.5 Å². The molecule has 0 aromatic carbocycles. The lowest BCUT2D eigenvalue weighted by molar-refractivity contribution is -0.137. The van der Waals surface area contributed by atoms with E-state index >= 15 is 0 Å². The zero-order chi connectivity index (χ0) is 11.5. The van der Waals surface area contributed by atoms with Crippen LogP contribution >= 0.6 is 0 Å². The van der Waals surface area contributed by atoms with Gasteiger partial charge in [0.25, 0.3) is 0 Å². The van der Waals surface area contributed by atoms with Gasteiger partial charge in [0.1, 0.15) is 5.82 Å². The molecule has 6 heteroatoms. The zero-order valence-electron chi connectivity index (χ0n) is 8.84. The first-order chi connectivity index (χ1) is 7.66. The topological polar surface area (TPSA) is 83.8 Å². The Kier molecular flexibility index (Phi) is 2.72. The van der Waals surface area contributed by atoms with Crippen molar-refractivity contribution in [2.75, 3.05) is 0 Å². The van der Waals surface area contributed by atoms with Crippen LogP contribution in [0.2, 0.25) is 0 Å². The summed E-state index contributed by atoms with van der Waals surface area (Å²) in [5, 5.41) is 12.8. The van der Waals surface area contributed by atoms with Crippen LogP contribution in [-0.2, 0) is 18.3 Å². The van der Waals surface area contributed by atoms with Gasteiger partial charge in [-0.1, -0.05) is 0 Å². The maximum absolute atomic E-state index is 10.5. The van der Waals surface area contributed by atoms with E-state index in [4.69, 9.17) is 5.11 Å². The molecule has 0 aliphatic carbocycles. The van der Waals surface area contributed by atoms with Crippen molar-refractivity contribution in [3.05, 3.63) is 24.3 Å². The lowest BCUT2D eigenvalue weighted by Gasteiger charge is -1.95. The van der Waals surface area contributed by atoms with Crippen molar-refractivity contribution in [1.82, 2.24) is 19.7 Å². The summed E-state index contributed by atoms with van der Waals surface area (Å²) in [6.45, 7) is 0.